The second kappa shape index (κ2) is 5.17. The standard InChI is InChI=1S/C11H13N5O2/c1-18-11-3-2-9(5-13-11)15-10(17)7-16-6-8(12)4-14-16/h2-6H,7,12H2,1H3,(H,15,17). The molecule has 1 amide bonds. The molecule has 2 heterocycles. The highest BCUT2D eigenvalue weighted by molar-refractivity contribution is 5.90. The van der Waals surface area contributed by atoms with Gasteiger partial charge in [-0.1, -0.05) is 0 Å². The van der Waals surface area contributed by atoms with Crippen molar-refractivity contribution in [3.05, 3.63) is 30.7 Å². The van der Waals surface area contributed by atoms with E-state index in [1.54, 1.807) is 18.3 Å². The minimum atomic E-state index is -0.204. The first-order valence-electron chi connectivity index (χ1n) is 5.25. The topological polar surface area (TPSA) is 95.1 Å². The molecule has 2 aromatic rings. The molecule has 0 radical (unpaired) electrons. The van der Waals surface area contributed by atoms with E-state index >= 15 is 0 Å². The van der Waals surface area contributed by atoms with E-state index in [-0.39, 0.29) is 12.5 Å². The van der Waals surface area contributed by atoms with E-state index in [0.717, 1.165) is 0 Å². The number of carbonyl (C=O) groups is 1. The highest BCUT2D eigenvalue weighted by Gasteiger charge is 2.05. The normalized spacial score (nSPS) is 10.1. The Morgan fingerprint density at radius 1 is 1.50 bits per heavy atom. The maximum Gasteiger partial charge on any atom is 0.246 e. The fraction of sp³-hybridized carbons (Fsp3) is 0.182. The summed E-state index contributed by atoms with van der Waals surface area (Å²) >= 11 is 0. The quantitative estimate of drug-likeness (QED) is 0.820. The van der Waals surface area contributed by atoms with Crippen LogP contribution < -0.4 is 15.8 Å². The zero-order chi connectivity index (χ0) is 13.0. The minimum Gasteiger partial charge on any atom is -0.481 e. The van der Waals surface area contributed by atoms with Crippen molar-refractivity contribution in [3.8, 4) is 5.88 Å². The molecular weight excluding hydrogens is 234 g/mol. The van der Waals surface area contributed by atoms with Crippen molar-refractivity contribution in [1.82, 2.24) is 14.8 Å². The summed E-state index contributed by atoms with van der Waals surface area (Å²) in [7, 11) is 1.53. The molecule has 7 nitrogen and oxygen atoms in total. The largest absolute Gasteiger partial charge is 0.481 e. The molecule has 0 spiro atoms. The van der Waals surface area contributed by atoms with Gasteiger partial charge in [-0.2, -0.15) is 5.10 Å². The summed E-state index contributed by atoms with van der Waals surface area (Å²) in [6.07, 6.45) is 4.60. The van der Waals surface area contributed by atoms with Crippen LogP contribution in [-0.4, -0.2) is 27.8 Å². The maximum atomic E-state index is 11.7. The number of carbonyl (C=O) groups excluding carboxylic acids is 1. The summed E-state index contributed by atoms with van der Waals surface area (Å²) in [6, 6.07) is 3.38. The number of nitrogens with two attached hydrogens (primary N) is 1. The molecule has 7 heteroatoms. The predicted molar refractivity (Wildman–Crippen MR) is 66.1 cm³/mol. The third-order valence-electron chi connectivity index (χ3n) is 2.19. The van der Waals surface area contributed by atoms with Crippen LogP contribution in [0.25, 0.3) is 0 Å². The monoisotopic (exact) mass is 247 g/mol. The van der Waals surface area contributed by atoms with E-state index < -0.39 is 0 Å². The number of amides is 1. The van der Waals surface area contributed by atoms with Crippen molar-refractivity contribution in [1.29, 1.82) is 0 Å². The average Bonchev–Trinajstić information content (AvgIpc) is 2.75. The van der Waals surface area contributed by atoms with Gasteiger partial charge in [0.2, 0.25) is 11.8 Å². The second-order valence-corrected chi connectivity index (χ2v) is 3.61. The van der Waals surface area contributed by atoms with Crippen LogP contribution in [0, 0.1) is 0 Å². The third-order valence-corrected chi connectivity index (χ3v) is 2.19. The smallest absolute Gasteiger partial charge is 0.246 e. The van der Waals surface area contributed by atoms with E-state index in [0.29, 0.717) is 17.3 Å². The Morgan fingerprint density at radius 2 is 2.33 bits per heavy atom. The van der Waals surface area contributed by atoms with E-state index in [9.17, 15) is 4.79 Å². The first-order valence-corrected chi connectivity index (χ1v) is 5.25. The molecule has 0 unspecified atom stereocenters. The molecule has 0 aliphatic rings. The molecule has 0 aliphatic carbocycles. The van der Waals surface area contributed by atoms with Gasteiger partial charge < -0.3 is 15.8 Å². The Morgan fingerprint density at radius 3 is 2.89 bits per heavy atom. The molecule has 0 fully saturated rings. The number of pyridine rings is 1. The average molecular weight is 247 g/mol. The van der Waals surface area contributed by atoms with Crippen LogP contribution in [-0.2, 0) is 11.3 Å². The van der Waals surface area contributed by atoms with Crippen molar-refractivity contribution in [2.24, 2.45) is 0 Å². The van der Waals surface area contributed by atoms with Crippen LogP contribution in [0.3, 0.4) is 0 Å². The number of anilines is 2. The lowest BCUT2D eigenvalue weighted by Gasteiger charge is -2.05. The van der Waals surface area contributed by atoms with Gasteiger partial charge in [0, 0.05) is 12.3 Å². The number of nitrogens with zero attached hydrogens (tertiary/aromatic N) is 3. The van der Waals surface area contributed by atoms with E-state index in [1.807, 2.05) is 0 Å². The lowest BCUT2D eigenvalue weighted by Crippen LogP contribution is -2.19. The van der Waals surface area contributed by atoms with Crippen LogP contribution in [0.1, 0.15) is 0 Å². The van der Waals surface area contributed by atoms with E-state index in [4.69, 9.17) is 10.5 Å². The lowest BCUT2D eigenvalue weighted by molar-refractivity contribution is -0.116. The van der Waals surface area contributed by atoms with Gasteiger partial charge >= 0.3 is 0 Å². The number of aromatic nitrogens is 3. The zero-order valence-electron chi connectivity index (χ0n) is 9.83. The van der Waals surface area contributed by atoms with Gasteiger partial charge in [-0.25, -0.2) is 4.98 Å². The molecular formula is C11H13N5O2. The number of ether oxygens (including phenoxy) is 1. The van der Waals surface area contributed by atoms with Crippen LogP contribution >= 0.6 is 0 Å². The number of nitrogens with one attached hydrogen (secondary N) is 1. The first kappa shape index (κ1) is 11.9. The number of methoxy groups -OCH3 is 1. The zero-order valence-corrected chi connectivity index (χ0v) is 9.83. The molecule has 2 aromatic heterocycles. The minimum absolute atomic E-state index is 0.100. The summed E-state index contributed by atoms with van der Waals surface area (Å²) in [5.74, 6) is 0.290. The van der Waals surface area contributed by atoms with Crippen molar-refractivity contribution in [2.45, 2.75) is 6.54 Å². The van der Waals surface area contributed by atoms with Crippen LogP contribution in [0.4, 0.5) is 11.4 Å². The highest BCUT2D eigenvalue weighted by atomic mass is 16.5. The Kier molecular flexibility index (Phi) is 3.42. The number of rotatable bonds is 4. The highest BCUT2D eigenvalue weighted by Crippen LogP contribution is 2.10. The summed E-state index contributed by atoms with van der Waals surface area (Å²) in [4.78, 5) is 15.7. The molecule has 94 valence electrons. The maximum absolute atomic E-state index is 11.7. The SMILES string of the molecule is COc1ccc(NC(=O)Cn2cc(N)cn2)cn1. The molecule has 2 rings (SSSR count). The fourth-order valence-electron chi connectivity index (χ4n) is 1.39. The number of hydrogen-bond acceptors (Lipinski definition) is 5. The van der Waals surface area contributed by atoms with Crippen LogP contribution in [0.15, 0.2) is 30.7 Å². The van der Waals surface area contributed by atoms with Crippen LogP contribution in [0.2, 0.25) is 0 Å². The van der Waals surface area contributed by atoms with Crippen molar-refractivity contribution in [2.75, 3.05) is 18.2 Å². The van der Waals surface area contributed by atoms with Gasteiger partial charge in [0.25, 0.3) is 0 Å². The summed E-state index contributed by atoms with van der Waals surface area (Å²) in [5.41, 5.74) is 6.62. The first-order chi connectivity index (χ1) is 8.67. The van der Waals surface area contributed by atoms with Crippen molar-refractivity contribution in [3.63, 3.8) is 0 Å². The lowest BCUT2D eigenvalue weighted by atomic mass is 10.4. The van der Waals surface area contributed by atoms with Gasteiger partial charge in [-0.3, -0.25) is 9.48 Å². The molecule has 0 aliphatic heterocycles. The van der Waals surface area contributed by atoms with E-state index in [2.05, 4.69) is 15.4 Å². The number of hydrogen-bond donors (Lipinski definition) is 2. The summed E-state index contributed by atoms with van der Waals surface area (Å²) in [6.45, 7) is 0.100. The van der Waals surface area contributed by atoms with Gasteiger partial charge in [0.05, 0.1) is 30.9 Å². The second-order valence-electron chi connectivity index (χ2n) is 3.61. The van der Waals surface area contributed by atoms with E-state index in [1.165, 1.54) is 24.2 Å². The molecule has 0 atom stereocenters. The molecule has 0 saturated heterocycles. The van der Waals surface area contributed by atoms with Gasteiger partial charge in [0.1, 0.15) is 6.54 Å². The Balaban J connectivity index is 1.94. The summed E-state index contributed by atoms with van der Waals surface area (Å²) < 4.78 is 6.38. The molecule has 18 heavy (non-hydrogen) atoms. The molecule has 3 N–H and O–H groups in total. The third kappa shape index (κ3) is 2.97. The van der Waals surface area contributed by atoms with Crippen LogP contribution in [0.5, 0.6) is 5.88 Å². The predicted octanol–water partition coefficient (Wildman–Crippen LogP) is 0.508. The van der Waals surface area contributed by atoms with Gasteiger partial charge in [-0.15, -0.1) is 0 Å². The molecule has 0 bridgehead atoms. The molecule has 0 saturated carbocycles. The summed E-state index contributed by atoms with van der Waals surface area (Å²) in [5, 5.41) is 6.61. The Labute approximate surface area is 104 Å². The Bertz CT molecular complexity index is 535. The van der Waals surface area contributed by atoms with Crippen molar-refractivity contribution < 1.29 is 9.53 Å². The van der Waals surface area contributed by atoms with Gasteiger partial charge in [-0.05, 0) is 6.07 Å². The Hall–Kier alpha value is -2.57. The molecule has 0 aromatic carbocycles. The van der Waals surface area contributed by atoms with Crippen molar-refractivity contribution >= 4 is 17.3 Å². The number of nitrogen functional groups attached to an aromatic ring is 1. The van der Waals surface area contributed by atoms with Gasteiger partial charge in [0.15, 0.2) is 0 Å². The fourth-order valence-corrected chi connectivity index (χ4v) is 1.39.